The van der Waals surface area contributed by atoms with E-state index in [0.29, 0.717) is 18.1 Å². The van der Waals surface area contributed by atoms with Crippen molar-refractivity contribution in [3.8, 4) is 6.07 Å². The molecule has 102 valence electrons. The number of thiocarbonyl (C=S) groups is 1. The molecule has 0 amide bonds. The van der Waals surface area contributed by atoms with Crippen LogP contribution in [-0.2, 0) is 6.54 Å². The number of nitriles is 1. The summed E-state index contributed by atoms with van der Waals surface area (Å²) in [6, 6.07) is 10.2. The molecule has 0 aliphatic rings. The van der Waals surface area contributed by atoms with Gasteiger partial charge in [-0.25, -0.2) is 0 Å². The molecule has 20 heavy (non-hydrogen) atoms. The van der Waals surface area contributed by atoms with E-state index in [0.717, 1.165) is 16.5 Å². The van der Waals surface area contributed by atoms with Crippen LogP contribution in [-0.4, -0.2) is 22.9 Å². The second-order valence-corrected chi connectivity index (χ2v) is 4.56. The quantitative estimate of drug-likeness (QED) is 0.512. The Bertz CT molecular complexity index is 680. The number of hydrogen-bond donors (Lipinski definition) is 2. The van der Waals surface area contributed by atoms with Gasteiger partial charge in [0.15, 0.2) is 5.11 Å². The van der Waals surface area contributed by atoms with Gasteiger partial charge in [0.05, 0.1) is 18.7 Å². The van der Waals surface area contributed by atoms with E-state index in [1.165, 1.54) is 0 Å². The molecule has 2 rings (SSSR count). The molecule has 1 heterocycles. The molecule has 1 aromatic carbocycles. The first-order valence-electron chi connectivity index (χ1n) is 6.22. The smallest absolute Gasteiger partial charge is 0.186 e. The fourth-order valence-corrected chi connectivity index (χ4v) is 2.00. The highest BCUT2D eigenvalue weighted by molar-refractivity contribution is 7.80. The molecule has 2 N–H and O–H groups in total. The minimum Gasteiger partial charge on any atom is -0.364 e. The lowest BCUT2D eigenvalue weighted by Crippen LogP contribution is -2.28. The number of aryl methyl sites for hydroxylation is 1. The highest BCUT2D eigenvalue weighted by atomic mass is 32.1. The van der Waals surface area contributed by atoms with Crippen molar-refractivity contribution in [1.82, 2.24) is 15.3 Å². The standard InChI is InChI=1S/C14H15N5S/c1-16-14(20)18-17-9-11-10-19(8-4-7-15)13-6-3-2-5-12(11)13/h2-3,5-6,9-10H,4,8H2,1H3,(H2,16,18,20)/b17-9-. The fourth-order valence-electron chi connectivity index (χ4n) is 1.95. The number of para-hydroxylation sites is 1. The molecule has 0 bridgehead atoms. The third-order valence-electron chi connectivity index (χ3n) is 2.88. The molecule has 0 spiro atoms. The maximum Gasteiger partial charge on any atom is 0.186 e. The third kappa shape index (κ3) is 3.13. The van der Waals surface area contributed by atoms with Crippen LogP contribution in [0.2, 0.25) is 0 Å². The van der Waals surface area contributed by atoms with Crippen molar-refractivity contribution in [2.24, 2.45) is 5.10 Å². The SMILES string of the molecule is CNC(=S)N/N=C\c1cn(CCC#N)c2ccccc12. The van der Waals surface area contributed by atoms with E-state index >= 15 is 0 Å². The predicted octanol–water partition coefficient (Wildman–Crippen LogP) is 1.98. The average Bonchev–Trinajstić information content (AvgIpc) is 2.83. The van der Waals surface area contributed by atoms with Gasteiger partial charge in [0.2, 0.25) is 0 Å². The van der Waals surface area contributed by atoms with E-state index in [4.69, 9.17) is 17.5 Å². The Balaban J connectivity index is 2.29. The zero-order chi connectivity index (χ0) is 14.4. The molecule has 2 aromatic rings. The van der Waals surface area contributed by atoms with Crippen LogP contribution in [0.3, 0.4) is 0 Å². The lowest BCUT2D eigenvalue weighted by Gasteiger charge is -2.00. The number of benzene rings is 1. The number of hydrazone groups is 1. The molecular formula is C14H15N5S. The van der Waals surface area contributed by atoms with Gasteiger partial charge in [0, 0.05) is 36.3 Å². The minimum atomic E-state index is 0.467. The highest BCUT2D eigenvalue weighted by Gasteiger charge is 2.05. The normalized spacial score (nSPS) is 10.6. The Morgan fingerprint density at radius 3 is 3.05 bits per heavy atom. The van der Waals surface area contributed by atoms with Gasteiger partial charge in [-0.1, -0.05) is 18.2 Å². The minimum absolute atomic E-state index is 0.467. The van der Waals surface area contributed by atoms with E-state index < -0.39 is 0 Å². The molecule has 1 aromatic heterocycles. The van der Waals surface area contributed by atoms with Crippen molar-refractivity contribution >= 4 is 34.4 Å². The van der Waals surface area contributed by atoms with Crippen LogP contribution in [0, 0.1) is 11.3 Å². The van der Waals surface area contributed by atoms with Crippen LogP contribution < -0.4 is 10.7 Å². The Morgan fingerprint density at radius 2 is 2.30 bits per heavy atom. The molecule has 0 unspecified atom stereocenters. The summed E-state index contributed by atoms with van der Waals surface area (Å²) in [5.74, 6) is 0. The molecule has 0 saturated carbocycles. The molecule has 0 aliphatic carbocycles. The number of hydrogen-bond acceptors (Lipinski definition) is 3. The number of fused-ring (bicyclic) bond motifs is 1. The van der Waals surface area contributed by atoms with Crippen LogP contribution in [0.15, 0.2) is 35.6 Å². The van der Waals surface area contributed by atoms with E-state index in [-0.39, 0.29) is 0 Å². The van der Waals surface area contributed by atoms with Gasteiger partial charge in [0.1, 0.15) is 0 Å². The molecule has 0 saturated heterocycles. The Labute approximate surface area is 122 Å². The summed E-state index contributed by atoms with van der Waals surface area (Å²) in [5.41, 5.74) is 4.81. The number of nitrogens with one attached hydrogen (secondary N) is 2. The lowest BCUT2D eigenvalue weighted by molar-refractivity contribution is 0.744. The van der Waals surface area contributed by atoms with E-state index in [9.17, 15) is 0 Å². The summed E-state index contributed by atoms with van der Waals surface area (Å²) < 4.78 is 2.07. The van der Waals surface area contributed by atoms with Gasteiger partial charge in [-0.2, -0.15) is 10.4 Å². The molecule has 0 aliphatic heterocycles. The molecule has 6 heteroatoms. The molecule has 0 fully saturated rings. The van der Waals surface area contributed by atoms with Gasteiger partial charge in [-0.15, -0.1) is 0 Å². The first-order valence-corrected chi connectivity index (χ1v) is 6.62. The summed E-state index contributed by atoms with van der Waals surface area (Å²) in [4.78, 5) is 0. The molecule has 0 atom stereocenters. The Morgan fingerprint density at radius 1 is 1.50 bits per heavy atom. The maximum atomic E-state index is 8.72. The highest BCUT2D eigenvalue weighted by Crippen LogP contribution is 2.20. The van der Waals surface area contributed by atoms with Crippen molar-refractivity contribution in [3.63, 3.8) is 0 Å². The predicted molar refractivity (Wildman–Crippen MR) is 84.6 cm³/mol. The van der Waals surface area contributed by atoms with Crippen molar-refractivity contribution in [3.05, 3.63) is 36.0 Å². The largest absolute Gasteiger partial charge is 0.364 e. The van der Waals surface area contributed by atoms with Gasteiger partial charge < -0.3 is 9.88 Å². The molecular weight excluding hydrogens is 270 g/mol. The van der Waals surface area contributed by atoms with E-state index in [1.54, 1.807) is 13.3 Å². The fraction of sp³-hybridized carbons (Fsp3) is 0.214. The summed E-state index contributed by atoms with van der Waals surface area (Å²) in [6.45, 7) is 0.674. The topological polar surface area (TPSA) is 65.1 Å². The van der Waals surface area contributed by atoms with Crippen molar-refractivity contribution in [2.45, 2.75) is 13.0 Å². The number of nitrogens with zero attached hydrogens (tertiary/aromatic N) is 3. The van der Waals surface area contributed by atoms with Crippen LogP contribution in [0.5, 0.6) is 0 Å². The van der Waals surface area contributed by atoms with E-state index in [1.807, 2.05) is 30.5 Å². The van der Waals surface area contributed by atoms with Crippen molar-refractivity contribution in [2.75, 3.05) is 7.05 Å². The zero-order valence-corrected chi connectivity index (χ0v) is 11.9. The van der Waals surface area contributed by atoms with Crippen LogP contribution >= 0.6 is 12.2 Å². The molecule has 0 radical (unpaired) electrons. The number of rotatable bonds is 4. The second-order valence-electron chi connectivity index (χ2n) is 4.15. The van der Waals surface area contributed by atoms with Gasteiger partial charge in [0.25, 0.3) is 0 Å². The van der Waals surface area contributed by atoms with Gasteiger partial charge in [-0.05, 0) is 18.3 Å². The van der Waals surface area contributed by atoms with Crippen molar-refractivity contribution < 1.29 is 0 Å². The maximum absolute atomic E-state index is 8.72. The second kappa shape index (κ2) is 6.68. The van der Waals surface area contributed by atoms with Crippen LogP contribution in [0.25, 0.3) is 10.9 Å². The summed E-state index contributed by atoms with van der Waals surface area (Å²) >= 11 is 4.95. The van der Waals surface area contributed by atoms with Crippen LogP contribution in [0.4, 0.5) is 0 Å². The van der Waals surface area contributed by atoms with E-state index in [2.05, 4.69) is 26.5 Å². The molecule has 5 nitrogen and oxygen atoms in total. The summed E-state index contributed by atoms with van der Waals surface area (Å²) in [7, 11) is 1.73. The first-order chi connectivity index (χ1) is 9.76. The Hall–Kier alpha value is -2.39. The van der Waals surface area contributed by atoms with Gasteiger partial charge >= 0.3 is 0 Å². The Kier molecular flexibility index (Phi) is 4.69. The van der Waals surface area contributed by atoms with Crippen LogP contribution in [0.1, 0.15) is 12.0 Å². The number of aromatic nitrogens is 1. The van der Waals surface area contributed by atoms with Crippen molar-refractivity contribution in [1.29, 1.82) is 5.26 Å². The lowest BCUT2D eigenvalue weighted by atomic mass is 10.2. The monoisotopic (exact) mass is 285 g/mol. The third-order valence-corrected chi connectivity index (χ3v) is 3.18. The van der Waals surface area contributed by atoms with Gasteiger partial charge in [-0.3, -0.25) is 5.43 Å². The first kappa shape index (κ1) is 14.0. The average molecular weight is 285 g/mol. The summed E-state index contributed by atoms with van der Waals surface area (Å²) in [5, 5.41) is 17.2. The summed E-state index contributed by atoms with van der Waals surface area (Å²) in [6.07, 6.45) is 4.21. The zero-order valence-electron chi connectivity index (χ0n) is 11.1.